The van der Waals surface area contributed by atoms with Gasteiger partial charge in [0.1, 0.15) is 18.3 Å². The van der Waals surface area contributed by atoms with Crippen LogP contribution in [0.5, 0.6) is 11.5 Å². The molecule has 1 unspecified atom stereocenters. The van der Waals surface area contributed by atoms with Gasteiger partial charge in [0.2, 0.25) is 11.8 Å². The molecule has 3 aromatic rings. The highest BCUT2D eigenvalue weighted by Gasteiger charge is 2.29. The van der Waals surface area contributed by atoms with Gasteiger partial charge in [-0.05, 0) is 43.3 Å². The van der Waals surface area contributed by atoms with E-state index in [4.69, 9.17) is 4.74 Å². The summed E-state index contributed by atoms with van der Waals surface area (Å²) in [5, 5.41) is 6.02. The van der Waals surface area contributed by atoms with Crippen LogP contribution in [-0.4, -0.2) is 24.4 Å². The molecule has 6 nitrogen and oxygen atoms in total. The molecule has 0 aromatic heterocycles. The van der Waals surface area contributed by atoms with Crippen LogP contribution in [0.1, 0.15) is 6.92 Å². The first-order valence-electron chi connectivity index (χ1n) is 9.40. The van der Waals surface area contributed by atoms with E-state index in [0.717, 1.165) is 0 Å². The monoisotopic (exact) mass is 387 g/mol. The maximum absolute atomic E-state index is 13.1. The smallest absolute Gasteiger partial charge is 0.249 e. The number of fused-ring (bicyclic) bond motifs is 1. The molecule has 29 heavy (non-hydrogen) atoms. The average molecular weight is 387 g/mol. The molecule has 0 saturated carbocycles. The van der Waals surface area contributed by atoms with Gasteiger partial charge in [-0.1, -0.05) is 42.5 Å². The first-order valence-corrected chi connectivity index (χ1v) is 9.40. The van der Waals surface area contributed by atoms with Crippen molar-refractivity contribution in [1.29, 1.82) is 0 Å². The SMILES string of the molecule is CC(Nc1ccccc1Oc1ccccc1)C(=O)N1CC(=O)Nc2ccccc21. The van der Waals surface area contributed by atoms with Gasteiger partial charge in [0.05, 0.1) is 17.1 Å². The summed E-state index contributed by atoms with van der Waals surface area (Å²) in [5.74, 6) is 0.927. The van der Waals surface area contributed by atoms with Crippen LogP contribution in [0.2, 0.25) is 0 Å². The number of para-hydroxylation sites is 5. The van der Waals surface area contributed by atoms with Crippen molar-refractivity contribution in [1.82, 2.24) is 0 Å². The van der Waals surface area contributed by atoms with Gasteiger partial charge >= 0.3 is 0 Å². The van der Waals surface area contributed by atoms with Crippen LogP contribution in [0, 0.1) is 0 Å². The highest BCUT2D eigenvalue weighted by Crippen LogP contribution is 2.32. The Morgan fingerprint density at radius 1 is 1.00 bits per heavy atom. The Kier molecular flexibility index (Phi) is 5.16. The standard InChI is InChI=1S/C23H21N3O3/c1-16(23(28)26-15-22(27)25-18-11-5-7-13-20(18)26)24-19-12-6-8-14-21(19)29-17-9-3-2-4-10-17/h2-14,16,24H,15H2,1H3,(H,25,27). The van der Waals surface area contributed by atoms with E-state index in [1.807, 2.05) is 72.8 Å². The van der Waals surface area contributed by atoms with Gasteiger partial charge in [-0.25, -0.2) is 0 Å². The fraction of sp³-hybridized carbons (Fsp3) is 0.130. The number of hydrogen-bond donors (Lipinski definition) is 2. The van der Waals surface area contributed by atoms with E-state index in [0.29, 0.717) is 28.6 Å². The molecule has 0 spiro atoms. The molecule has 1 heterocycles. The molecule has 1 atom stereocenters. The largest absolute Gasteiger partial charge is 0.455 e. The van der Waals surface area contributed by atoms with Crippen LogP contribution in [-0.2, 0) is 9.59 Å². The topological polar surface area (TPSA) is 70.7 Å². The number of nitrogens with one attached hydrogen (secondary N) is 2. The molecule has 0 saturated heterocycles. The molecule has 1 aliphatic heterocycles. The molecule has 0 radical (unpaired) electrons. The summed E-state index contributed by atoms with van der Waals surface area (Å²) >= 11 is 0. The van der Waals surface area contributed by atoms with E-state index in [2.05, 4.69) is 10.6 Å². The molecule has 146 valence electrons. The van der Waals surface area contributed by atoms with Crippen LogP contribution in [0.3, 0.4) is 0 Å². The minimum atomic E-state index is -0.561. The molecular weight excluding hydrogens is 366 g/mol. The summed E-state index contributed by atoms with van der Waals surface area (Å²) in [6.45, 7) is 1.76. The Labute approximate surface area is 169 Å². The number of ether oxygens (including phenoxy) is 1. The zero-order valence-corrected chi connectivity index (χ0v) is 16.0. The van der Waals surface area contributed by atoms with Crippen LogP contribution in [0.4, 0.5) is 17.1 Å². The lowest BCUT2D eigenvalue weighted by molar-refractivity contribution is -0.122. The predicted molar refractivity (Wildman–Crippen MR) is 113 cm³/mol. The van der Waals surface area contributed by atoms with Gasteiger partial charge in [-0.15, -0.1) is 0 Å². The molecule has 4 rings (SSSR count). The minimum Gasteiger partial charge on any atom is -0.455 e. The third-order valence-electron chi connectivity index (χ3n) is 4.64. The Balaban J connectivity index is 1.54. The number of carbonyl (C=O) groups excluding carboxylic acids is 2. The first-order chi connectivity index (χ1) is 14.1. The second-order valence-corrected chi connectivity index (χ2v) is 6.77. The van der Waals surface area contributed by atoms with Crippen molar-refractivity contribution in [3.05, 3.63) is 78.9 Å². The van der Waals surface area contributed by atoms with Gasteiger partial charge in [0.25, 0.3) is 0 Å². The Morgan fingerprint density at radius 2 is 1.69 bits per heavy atom. The summed E-state index contributed by atoms with van der Waals surface area (Å²) in [6.07, 6.45) is 0. The lowest BCUT2D eigenvalue weighted by Gasteiger charge is -2.31. The molecule has 0 bridgehead atoms. The van der Waals surface area contributed by atoms with Crippen molar-refractivity contribution in [3.8, 4) is 11.5 Å². The predicted octanol–water partition coefficient (Wildman–Crippen LogP) is 4.26. The van der Waals surface area contributed by atoms with E-state index in [9.17, 15) is 9.59 Å². The zero-order chi connectivity index (χ0) is 20.2. The maximum atomic E-state index is 13.1. The summed E-state index contributed by atoms with van der Waals surface area (Å²) < 4.78 is 5.96. The van der Waals surface area contributed by atoms with E-state index in [-0.39, 0.29) is 18.4 Å². The van der Waals surface area contributed by atoms with Gasteiger partial charge in [0.15, 0.2) is 5.75 Å². The Hall–Kier alpha value is -3.80. The molecule has 6 heteroatoms. The van der Waals surface area contributed by atoms with Crippen LogP contribution >= 0.6 is 0 Å². The number of benzene rings is 3. The summed E-state index contributed by atoms with van der Waals surface area (Å²) in [7, 11) is 0. The van der Waals surface area contributed by atoms with Gasteiger partial charge in [0, 0.05) is 0 Å². The molecule has 2 N–H and O–H groups in total. The number of carbonyl (C=O) groups is 2. The fourth-order valence-electron chi connectivity index (χ4n) is 3.25. The van der Waals surface area contributed by atoms with E-state index in [1.54, 1.807) is 13.0 Å². The van der Waals surface area contributed by atoms with Gasteiger partial charge in [-0.2, -0.15) is 0 Å². The first kappa shape index (κ1) is 18.6. The molecule has 0 aliphatic carbocycles. The summed E-state index contributed by atoms with van der Waals surface area (Å²) in [5.41, 5.74) is 2.03. The Morgan fingerprint density at radius 3 is 2.52 bits per heavy atom. The number of nitrogens with zero attached hydrogens (tertiary/aromatic N) is 1. The van der Waals surface area contributed by atoms with Crippen molar-refractivity contribution in [3.63, 3.8) is 0 Å². The third-order valence-corrected chi connectivity index (χ3v) is 4.64. The third kappa shape index (κ3) is 4.06. The summed E-state index contributed by atoms with van der Waals surface area (Å²) in [4.78, 5) is 26.7. The van der Waals surface area contributed by atoms with E-state index < -0.39 is 6.04 Å². The average Bonchev–Trinajstić information content (AvgIpc) is 2.74. The molecule has 0 fully saturated rings. The van der Waals surface area contributed by atoms with Crippen LogP contribution in [0.15, 0.2) is 78.9 Å². The maximum Gasteiger partial charge on any atom is 0.249 e. The Bertz CT molecular complexity index is 1040. The van der Waals surface area contributed by atoms with Crippen molar-refractivity contribution < 1.29 is 14.3 Å². The van der Waals surface area contributed by atoms with Gasteiger partial charge < -0.3 is 15.4 Å². The lowest BCUT2D eigenvalue weighted by Crippen LogP contribution is -2.47. The highest BCUT2D eigenvalue weighted by atomic mass is 16.5. The molecule has 1 aliphatic rings. The minimum absolute atomic E-state index is 0.00989. The van der Waals surface area contributed by atoms with Gasteiger partial charge in [-0.3, -0.25) is 14.5 Å². The highest BCUT2D eigenvalue weighted by molar-refractivity contribution is 6.11. The zero-order valence-electron chi connectivity index (χ0n) is 16.0. The molecule has 2 amide bonds. The van der Waals surface area contributed by atoms with Crippen molar-refractivity contribution >= 4 is 28.9 Å². The number of anilines is 3. The normalized spacial score (nSPS) is 13.8. The van der Waals surface area contributed by atoms with Crippen molar-refractivity contribution in [2.24, 2.45) is 0 Å². The van der Waals surface area contributed by atoms with Crippen LogP contribution < -0.4 is 20.3 Å². The van der Waals surface area contributed by atoms with E-state index >= 15 is 0 Å². The molecule has 3 aromatic carbocycles. The van der Waals surface area contributed by atoms with Crippen molar-refractivity contribution in [2.45, 2.75) is 13.0 Å². The second kappa shape index (κ2) is 8.06. The van der Waals surface area contributed by atoms with E-state index in [1.165, 1.54) is 4.90 Å². The quantitative estimate of drug-likeness (QED) is 0.686. The summed E-state index contributed by atoms with van der Waals surface area (Å²) in [6, 6.07) is 23.6. The lowest BCUT2D eigenvalue weighted by atomic mass is 10.1. The number of hydrogen-bond acceptors (Lipinski definition) is 4. The van der Waals surface area contributed by atoms with Crippen molar-refractivity contribution in [2.75, 3.05) is 22.1 Å². The van der Waals surface area contributed by atoms with Crippen LogP contribution in [0.25, 0.3) is 0 Å². The second-order valence-electron chi connectivity index (χ2n) is 6.77. The number of amides is 2. The molecular formula is C23H21N3O3. The fourth-order valence-corrected chi connectivity index (χ4v) is 3.25. The number of rotatable bonds is 5.